The Morgan fingerprint density at radius 3 is 2.24 bits per heavy atom. The average Bonchev–Trinajstić information content (AvgIpc) is 3.05. The molecule has 8 heteroatoms. The van der Waals surface area contributed by atoms with Crippen molar-refractivity contribution in [3.8, 4) is 0 Å². The fourth-order valence-electron chi connectivity index (χ4n) is 12.3. The van der Waals surface area contributed by atoms with Gasteiger partial charge in [-0.3, -0.25) is 14.4 Å². The van der Waals surface area contributed by atoms with Crippen molar-refractivity contribution in [2.45, 2.75) is 151 Å². The number of carbonyl (C=O) groups excluding carboxylic acids is 3. The Morgan fingerprint density at radius 2 is 1.55 bits per heavy atom. The van der Waals surface area contributed by atoms with Crippen molar-refractivity contribution >= 4 is 17.7 Å². The minimum atomic E-state index is -4.22. The molecule has 4 saturated carbocycles. The molecule has 51 heavy (non-hydrogen) atoms. The fourth-order valence-corrected chi connectivity index (χ4v) is 12.3. The molecule has 0 radical (unpaired) electrons. The first-order chi connectivity index (χ1) is 23.7. The number of ketones is 1. The monoisotopic (exact) mass is 712 g/mol. The van der Waals surface area contributed by atoms with Gasteiger partial charge in [0.1, 0.15) is 12.7 Å². The lowest BCUT2D eigenvalue weighted by atomic mass is 9.33. The van der Waals surface area contributed by atoms with Gasteiger partial charge in [0.25, 0.3) is 0 Å². The van der Waals surface area contributed by atoms with E-state index in [1.165, 1.54) is 5.57 Å². The molecule has 4 fully saturated rings. The van der Waals surface area contributed by atoms with E-state index in [4.69, 9.17) is 9.47 Å². The van der Waals surface area contributed by atoms with Crippen molar-refractivity contribution in [1.82, 2.24) is 0 Å². The van der Waals surface area contributed by atoms with Crippen LogP contribution < -0.4 is 0 Å². The number of ether oxygens (including phenoxy) is 2. The van der Waals surface area contributed by atoms with Crippen molar-refractivity contribution in [2.75, 3.05) is 0 Å². The number of esters is 2. The molecule has 5 aliphatic rings. The molecule has 0 saturated heterocycles. The Labute approximate surface area is 302 Å². The molecule has 0 bridgehead atoms. The van der Waals surface area contributed by atoms with Crippen LogP contribution in [0, 0.1) is 50.2 Å². The highest BCUT2D eigenvalue weighted by atomic mass is 19.4. The number of unbranched alkanes of at least 4 members (excludes halogenated alkanes) is 1. The predicted molar refractivity (Wildman–Crippen MR) is 190 cm³/mol. The number of benzene rings is 1. The fraction of sp³-hybridized carbons (Fsp3) is 0.744. The zero-order chi connectivity index (χ0) is 37.3. The second-order valence-electron chi connectivity index (χ2n) is 19.0. The molecule has 0 amide bonds. The van der Waals surface area contributed by atoms with E-state index >= 15 is 0 Å². The molecular weight excluding hydrogens is 653 g/mol. The van der Waals surface area contributed by atoms with Gasteiger partial charge in [0.15, 0.2) is 5.78 Å². The van der Waals surface area contributed by atoms with E-state index < -0.39 is 29.4 Å². The van der Waals surface area contributed by atoms with Crippen LogP contribution >= 0.6 is 0 Å². The standard InChI is InChI=1S/C43H59F3O5/c1-37(2)32-16-20-42(7)35(40(32,5)19-17-33(37)51-34(48)15-11-12-18-43(44,45)46)31(47)25-29-30-26-39(4,22-21-38(30,3)23-24-41(29,42)6)36(49)50-27-28-13-9-8-10-14-28/h8-10,13-14,25,30,32-33,35H,11-12,15-24,26-27H2,1-7H3/t30-,32-,33-,35+,38+,39-,40-,41+,42+/m0/s1. The third kappa shape index (κ3) is 6.51. The van der Waals surface area contributed by atoms with Crippen LogP contribution in [0.1, 0.15) is 138 Å². The molecule has 5 aliphatic carbocycles. The molecule has 5 nitrogen and oxygen atoms in total. The number of hydrogen-bond acceptors (Lipinski definition) is 5. The second kappa shape index (κ2) is 13.0. The van der Waals surface area contributed by atoms with Crippen LogP contribution in [0.4, 0.5) is 13.2 Å². The van der Waals surface area contributed by atoms with Crippen LogP contribution in [0.15, 0.2) is 42.0 Å². The topological polar surface area (TPSA) is 69.7 Å². The summed E-state index contributed by atoms with van der Waals surface area (Å²) in [5.41, 5.74) is 0.470. The first-order valence-corrected chi connectivity index (χ1v) is 19.4. The van der Waals surface area contributed by atoms with E-state index in [1.807, 2.05) is 36.4 Å². The quantitative estimate of drug-likeness (QED) is 0.198. The summed E-state index contributed by atoms with van der Waals surface area (Å²) < 4.78 is 49.8. The van der Waals surface area contributed by atoms with Crippen molar-refractivity contribution in [2.24, 2.45) is 50.2 Å². The second-order valence-corrected chi connectivity index (χ2v) is 19.0. The molecule has 0 heterocycles. The molecule has 0 spiro atoms. The SMILES string of the molecule is CC1(C)[C@@H](OC(=O)CCCCC(F)(F)F)CC[C@]2(C)[C@H]3C(=O)C=C4[C@@H]5C[C@@](C)(C(=O)OCc6ccccc6)CC[C@]5(C)CC[C@@]4(C)[C@]3(C)CC[C@@H]12. The summed E-state index contributed by atoms with van der Waals surface area (Å²) in [7, 11) is 0. The lowest BCUT2D eigenvalue weighted by molar-refractivity contribution is -0.211. The van der Waals surface area contributed by atoms with Gasteiger partial charge < -0.3 is 9.47 Å². The van der Waals surface area contributed by atoms with E-state index in [9.17, 15) is 27.6 Å². The summed E-state index contributed by atoms with van der Waals surface area (Å²) >= 11 is 0. The molecule has 0 unspecified atom stereocenters. The average molecular weight is 713 g/mol. The Bertz CT molecular complexity index is 1550. The molecule has 0 aliphatic heterocycles. The highest BCUT2D eigenvalue weighted by Gasteiger charge is 2.70. The molecule has 0 N–H and O–H groups in total. The van der Waals surface area contributed by atoms with Crippen molar-refractivity contribution in [3.63, 3.8) is 0 Å². The van der Waals surface area contributed by atoms with Gasteiger partial charge in [-0.2, -0.15) is 13.2 Å². The molecule has 282 valence electrons. The zero-order valence-electron chi connectivity index (χ0n) is 31.8. The number of allylic oxidation sites excluding steroid dienone is 2. The number of halogens is 3. The minimum Gasteiger partial charge on any atom is -0.462 e. The Morgan fingerprint density at radius 1 is 0.863 bits per heavy atom. The lowest BCUT2D eigenvalue weighted by Crippen LogP contribution is -2.66. The summed E-state index contributed by atoms with van der Waals surface area (Å²) in [6, 6.07) is 9.79. The summed E-state index contributed by atoms with van der Waals surface area (Å²) in [6.45, 7) is 16.1. The molecule has 1 aromatic carbocycles. The molecule has 1 aromatic rings. The van der Waals surface area contributed by atoms with Crippen molar-refractivity contribution in [3.05, 3.63) is 47.5 Å². The van der Waals surface area contributed by atoms with E-state index in [1.54, 1.807) is 0 Å². The molecule has 0 aromatic heterocycles. The van der Waals surface area contributed by atoms with Gasteiger partial charge in [0.05, 0.1) is 5.41 Å². The van der Waals surface area contributed by atoms with Gasteiger partial charge >= 0.3 is 18.1 Å². The summed E-state index contributed by atoms with van der Waals surface area (Å²) in [4.78, 5) is 41.4. The van der Waals surface area contributed by atoms with E-state index in [0.717, 1.165) is 50.5 Å². The van der Waals surface area contributed by atoms with Gasteiger partial charge in [-0.1, -0.05) is 77.4 Å². The van der Waals surface area contributed by atoms with Gasteiger partial charge in [-0.05, 0) is 123 Å². The van der Waals surface area contributed by atoms with E-state index in [2.05, 4.69) is 48.5 Å². The summed E-state index contributed by atoms with van der Waals surface area (Å²) in [6.07, 6.45) is 4.27. The predicted octanol–water partition coefficient (Wildman–Crippen LogP) is 10.7. The minimum absolute atomic E-state index is 0.0143. The Balaban J connectivity index is 1.22. The van der Waals surface area contributed by atoms with Crippen LogP contribution in [0.3, 0.4) is 0 Å². The highest BCUT2D eigenvalue weighted by Crippen LogP contribution is 2.75. The number of rotatable bonds is 8. The van der Waals surface area contributed by atoms with Crippen LogP contribution in [0.25, 0.3) is 0 Å². The van der Waals surface area contributed by atoms with Crippen LogP contribution in [-0.4, -0.2) is 30.0 Å². The molecule has 6 rings (SSSR count). The van der Waals surface area contributed by atoms with Crippen LogP contribution in [0.5, 0.6) is 0 Å². The number of fused-ring (bicyclic) bond motifs is 7. The summed E-state index contributed by atoms with van der Waals surface area (Å²) in [5, 5.41) is 0. The largest absolute Gasteiger partial charge is 0.462 e. The van der Waals surface area contributed by atoms with Gasteiger partial charge in [0.2, 0.25) is 0 Å². The summed E-state index contributed by atoms with van der Waals surface area (Å²) in [5.74, 6) is -0.284. The maximum Gasteiger partial charge on any atom is 0.389 e. The van der Waals surface area contributed by atoms with Crippen LogP contribution in [0.2, 0.25) is 0 Å². The van der Waals surface area contributed by atoms with Gasteiger partial charge in [-0.15, -0.1) is 0 Å². The molecular formula is C43H59F3O5. The maximum absolute atomic E-state index is 14.8. The third-order valence-corrected chi connectivity index (χ3v) is 15.6. The van der Waals surface area contributed by atoms with E-state index in [0.29, 0.717) is 12.8 Å². The van der Waals surface area contributed by atoms with Gasteiger partial charge in [-0.25, -0.2) is 0 Å². The van der Waals surface area contributed by atoms with Crippen molar-refractivity contribution < 1.29 is 37.0 Å². The van der Waals surface area contributed by atoms with Crippen molar-refractivity contribution in [1.29, 1.82) is 0 Å². The third-order valence-electron chi connectivity index (χ3n) is 15.6. The number of alkyl halides is 3. The normalized spacial score (nSPS) is 40.1. The first-order valence-electron chi connectivity index (χ1n) is 19.4. The first kappa shape index (κ1) is 38.1. The highest BCUT2D eigenvalue weighted by molar-refractivity contribution is 5.95. The van der Waals surface area contributed by atoms with E-state index in [-0.39, 0.29) is 83.1 Å². The Kier molecular flexibility index (Phi) is 9.74. The molecule has 9 atom stereocenters. The number of hydrogen-bond donors (Lipinski definition) is 0. The van der Waals surface area contributed by atoms with Gasteiger partial charge in [0, 0.05) is 24.2 Å². The number of carbonyl (C=O) groups is 3. The lowest BCUT2D eigenvalue weighted by Gasteiger charge is -2.70. The maximum atomic E-state index is 14.8. The Hall–Kier alpha value is -2.64. The zero-order valence-corrected chi connectivity index (χ0v) is 31.8. The smallest absolute Gasteiger partial charge is 0.389 e. The van der Waals surface area contributed by atoms with Crippen LogP contribution in [-0.2, 0) is 30.5 Å².